The average molecular weight is 183 g/mol. The Kier molecular flexibility index (Phi) is 2.54. The first-order chi connectivity index (χ1) is 6.29. The van der Waals surface area contributed by atoms with Crippen LogP contribution in [-0.2, 0) is 4.79 Å². The Bertz CT molecular complexity index is 201. The second-order valence-electron chi connectivity index (χ2n) is 4.32. The van der Waals surface area contributed by atoms with Crippen LogP contribution in [0.2, 0.25) is 0 Å². The molecule has 1 aliphatic heterocycles. The van der Waals surface area contributed by atoms with Gasteiger partial charge in [-0.25, -0.2) is 0 Å². The molecule has 1 N–H and O–H groups in total. The molecule has 0 unspecified atom stereocenters. The van der Waals surface area contributed by atoms with Gasteiger partial charge in [-0.3, -0.25) is 4.79 Å². The molecule has 1 atom stereocenters. The predicted octanol–water partition coefficient (Wildman–Crippen LogP) is 0.627. The molecule has 1 aliphatic carbocycles. The second-order valence-corrected chi connectivity index (χ2v) is 4.32. The minimum absolute atomic E-state index is 0.229. The molecular formula is C10H17NO2. The van der Waals surface area contributed by atoms with E-state index >= 15 is 0 Å². The van der Waals surface area contributed by atoms with Gasteiger partial charge in [0.15, 0.2) is 0 Å². The van der Waals surface area contributed by atoms with E-state index in [0.29, 0.717) is 17.7 Å². The zero-order valence-corrected chi connectivity index (χ0v) is 7.91. The van der Waals surface area contributed by atoms with Crippen LogP contribution in [0.15, 0.2) is 0 Å². The summed E-state index contributed by atoms with van der Waals surface area (Å²) in [6.45, 7) is 1.87. The summed E-state index contributed by atoms with van der Waals surface area (Å²) in [5.41, 5.74) is 0. The van der Waals surface area contributed by atoms with Crippen LogP contribution in [0.1, 0.15) is 25.7 Å². The van der Waals surface area contributed by atoms with Crippen molar-refractivity contribution in [3.63, 3.8) is 0 Å². The summed E-state index contributed by atoms with van der Waals surface area (Å²) in [6.07, 6.45) is 4.21. The molecule has 0 bridgehead atoms. The quantitative estimate of drug-likeness (QED) is 0.697. The number of aliphatic hydroxyl groups excluding tert-OH is 1. The van der Waals surface area contributed by atoms with E-state index in [1.807, 2.05) is 4.90 Å². The van der Waals surface area contributed by atoms with Gasteiger partial charge < -0.3 is 10.0 Å². The van der Waals surface area contributed by atoms with Crippen LogP contribution in [0.3, 0.4) is 0 Å². The Labute approximate surface area is 78.7 Å². The van der Waals surface area contributed by atoms with E-state index in [2.05, 4.69) is 0 Å². The third kappa shape index (κ3) is 2.21. The summed E-state index contributed by atoms with van der Waals surface area (Å²) in [5.74, 6) is 1.32. The highest BCUT2D eigenvalue weighted by atomic mass is 16.3. The van der Waals surface area contributed by atoms with Crippen molar-refractivity contribution in [2.75, 3.05) is 19.7 Å². The van der Waals surface area contributed by atoms with Crippen LogP contribution in [0.5, 0.6) is 0 Å². The molecule has 2 fully saturated rings. The molecule has 0 aromatic carbocycles. The van der Waals surface area contributed by atoms with Crippen molar-refractivity contribution in [2.45, 2.75) is 25.7 Å². The van der Waals surface area contributed by atoms with Gasteiger partial charge in [-0.05, 0) is 25.2 Å². The van der Waals surface area contributed by atoms with Gasteiger partial charge in [-0.15, -0.1) is 0 Å². The molecule has 1 saturated carbocycles. The third-order valence-corrected chi connectivity index (χ3v) is 3.06. The van der Waals surface area contributed by atoms with Gasteiger partial charge >= 0.3 is 0 Å². The van der Waals surface area contributed by atoms with E-state index < -0.39 is 0 Å². The monoisotopic (exact) mass is 183 g/mol. The summed E-state index contributed by atoms with van der Waals surface area (Å²) in [5, 5.41) is 8.92. The summed E-state index contributed by atoms with van der Waals surface area (Å²) in [7, 11) is 0. The third-order valence-electron chi connectivity index (χ3n) is 3.06. The van der Waals surface area contributed by atoms with Crippen LogP contribution >= 0.6 is 0 Å². The molecule has 1 heterocycles. The Morgan fingerprint density at radius 3 is 2.62 bits per heavy atom. The predicted molar refractivity (Wildman–Crippen MR) is 49.1 cm³/mol. The number of hydrogen-bond acceptors (Lipinski definition) is 2. The number of hydrogen-bond donors (Lipinski definition) is 1. The molecule has 1 amide bonds. The molecule has 3 nitrogen and oxygen atoms in total. The fraction of sp³-hybridized carbons (Fsp3) is 0.900. The normalized spacial score (nSPS) is 28.1. The highest BCUT2D eigenvalue weighted by Gasteiger charge is 2.30. The Balaban J connectivity index is 1.77. The number of likely N-dealkylation sites (tertiary alicyclic amines) is 1. The van der Waals surface area contributed by atoms with Gasteiger partial charge in [0.25, 0.3) is 0 Å². The van der Waals surface area contributed by atoms with Crippen LogP contribution in [-0.4, -0.2) is 35.6 Å². The molecule has 2 rings (SSSR count). The Morgan fingerprint density at radius 2 is 2.08 bits per heavy atom. The average Bonchev–Trinajstić information content (AvgIpc) is 2.82. The van der Waals surface area contributed by atoms with Crippen LogP contribution in [0, 0.1) is 11.8 Å². The van der Waals surface area contributed by atoms with Crippen LogP contribution in [0.4, 0.5) is 0 Å². The first-order valence-electron chi connectivity index (χ1n) is 5.18. The van der Waals surface area contributed by atoms with E-state index in [1.54, 1.807) is 0 Å². The van der Waals surface area contributed by atoms with Gasteiger partial charge in [0.05, 0.1) is 0 Å². The van der Waals surface area contributed by atoms with E-state index in [4.69, 9.17) is 5.11 Å². The molecule has 0 spiro atoms. The van der Waals surface area contributed by atoms with Gasteiger partial charge in [0.2, 0.25) is 5.91 Å². The van der Waals surface area contributed by atoms with Gasteiger partial charge in [0, 0.05) is 32.0 Å². The van der Waals surface area contributed by atoms with Crippen molar-refractivity contribution in [2.24, 2.45) is 11.8 Å². The first kappa shape index (κ1) is 9.00. The molecule has 3 heteroatoms. The maximum absolute atomic E-state index is 11.6. The molecule has 0 radical (unpaired) electrons. The molecule has 13 heavy (non-hydrogen) atoms. The van der Waals surface area contributed by atoms with Crippen molar-refractivity contribution in [1.29, 1.82) is 0 Å². The summed E-state index contributed by atoms with van der Waals surface area (Å²) >= 11 is 0. The van der Waals surface area contributed by atoms with E-state index in [-0.39, 0.29) is 6.61 Å². The molecule has 0 aromatic heterocycles. The van der Waals surface area contributed by atoms with Gasteiger partial charge in [-0.1, -0.05) is 0 Å². The molecule has 74 valence electrons. The van der Waals surface area contributed by atoms with Gasteiger partial charge in [-0.2, -0.15) is 0 Å². The lowest BCUT2D eigenvalue weighted by molar-refractivity contribution is -0.130. The van der Waals surface area contributed by atoms with E-state index in [9.17, 15) is 4.79 Å². The topological polar surface area (TPSA) is 40.5 Å². The molecular weight excluding hydrogens is 166 g/mol. The van der Waals surface area contributed by atoms with Crippen molar-refractivity contribution in [3.8, 4) is 0 Å². The number of aliphatic hydroxyl groups is 1. The van der Waals surface area contributed by atoms with Gasteiger partial charge in [0.1, 0.15) is 0 Å². The highest BCUT2D eigenvalue weighted by molar-refractivity contribution is 5.77. The van der Waals surface area contributed by atoms with E-state index in [1.165, 1.54) is 12.8 Å². The standard InChI is InChI=1S/C10H17NO2/c12-7-9-3-4-11(6-9)10(13)5-8-1-2-8/h8-9,12H,1-7H2/t9-/m1/s1. The number of carbonyl (C=O) groups is 1. The number of rotatable bonds is 3. The minimum atomic E-state index is 0.229. The molecule has 0 aromatic rings. The SMILES string of the molecule is O=C(CC1CC1)N1CC[C@@H](CO)C1. The fourth-order valence-corrected chi connectivity index (χ4v) is 1.91. The Hall–Kier alpha value is -0.570. The summed E-state index contributed by atoms with van der Waals surface area (Å²) in [4.78, 5) is 13.5. The first-order valence-corrected chi connectivity index (χ1v) is 5.18. The minimum Gasteiger partial charge on any atom is -0.396 e. The van der Waals surface area contributed by atoms with Crippen molar-refractivity contribution in [1.82, 2.24) is 4.90 Å². The van der Waals surface area contributed by atoms with Crippen molar-refractivity contribution in [3.05, 3.63) is 0 Å². The fourth-order valence-electron chi connectivity index (χ4n) is 1.91. The lowest BCUT2D eigenvalue weighted by Gasteiger charge is -2.15. The van der Waals surface area contributed by atoms with Crippen molar-refractivity contribution < 1.29 is 9.90 Å². The molecule has 1 saturated heterocycles. The number of amides is 1. The zero-order valence-electron chi connectivity index (χ0n) is 7.91. The lowest BCUT2D eigenvalue weighted by atomic mass is 10.1. The smallest absolute Gasteiger partial charge is 0.222 e. The zero-order chi connectivity index (χ0) is 9.26. The second kappa shape index (κ2) is 3.66. The van der Waals surface area contributed by atoms with Crippen molar-refractivity contribution >= 4 is 5.91 Å². The molecule has 2 aliphatic rings. The largest absolute Gasteiger partial charge is 0.396 e. The summed E-state index contributed by atoms with van der Waals surface area (Å²) < 4.78 is 0. The van der Waals surface area contributed by atoms with E-state index in [0.717, 1.165) is 25.9 Å². The maximum atomic E-state index is 11.6. The Morgan fingerprint density at radius 1 is 1.31 bits per heavy atom. The lowest BCUT2D eigenvalue weighted by Crippen LogP contribution is -2.29. The van der Waals surface area contributed by atoms with Crippen LogP contribution in [0.25, 0.3) is 0 Å². The highest BCUT2D eigenvalue weighted by Crippen LogP contribution is 2.33. The number of carbonyl (C=O) groups excluding carboxylic acids is 1. The maximum Gasteiger partial charge on any atom is 0.222 e. The number of nitrogens with zero attached hydrogens (tertiary/aromatic N) is 1. The van der Waals surface area contributed by atoms with Crippen LogP contribution < -0.4 is 0 Å². The summed E-state index contributed by atoms with van der Waals surface area (Å²) in [6, 6.07) is 0.